The Morgan fingerprint density at radius 3 is 2.50 bits per heavy atom. The molecule has 2 aromatic rings. The highest BCUT2D eigenvalue weighted by Crippen LogP contribution is 2.16. The zero-order valence-electron chi connectivity index (χ0n) is 12.6. The molecule has 0 aromatic heterocycles. The van der Waals surface area contributed by atoms with Crippen molar-refractivity contribution in [2.24, 2.45) is 5.10 Å². The van der Waals surface area contributed by atoms with Gasteiger partial charge >= 0.3 is 0 Å². The molecule has 0 aliphatic heterocycles. The number of hydrazone groups is 1. The molecule has 1 amide bonds. The molecular weight excluding hydrogens is 276 g/mol. The third kappa shape index (κ3) is 4.31. The highest BCUT2D eigenvalue weighted by atomic mass is 16.5. The van der Waals surface area contributed by atoms with Crippen molar-refractivity contribution < 1.29 is 9.53 Å². The summed E-state index contributed by atoms with van der Waals surface area (Å²) in [4.78, 5) is 12.0. The summed E-state index contributed by atoms with van der Waals surface area (Å²) >= 11 is 0. The lowest BCUT2D eigenvalue weighted by atomic mass is 10.1. The van der Waals surface area contributed by atoms with E-state index in [2.05, 4.69) is 10.5 Å². The molecule has 0 heterocycles. The van der Waals surface area contributed by atoms with E-state index in [0.29, 0.717) is 11.3 Å². The van der Waals surface area contributed by atoms with Crippen LogP contribution in [0.5, 0.6) is 5.75 Å². The van der Waals surface area contributed by atoms with Gasteiger partial charge in [-0.2, -0.15) is 5.10 Å². The van der Waals surface area contributed by atoms with Crippen LogP contribution in [0, 0.1) is 0 Å². The standard InChI is InChI=1S/C18H18N2O2/c1-14(12-15-8-4-3-5-9-15)13-19-20-18(21)16-10-6-7-11-17(16)22-2/h3-13H,1-2H3,(H,20,21)/b14-12+,19-13?. The maximum Gasteiger partial charge on any atom is 0.275 e. The van der Waals surface area contributed by atoms with Crippen molar-refractivity contribution in [3.8, 4) is 5.75 Å². The molecule has 0 radical (unpaired) electrons. The van der Waals surface area contributed by atoms with E-state index in [4.69, 9.17) is 4.74 Å². The topological polar surface area (TPSA) is 50.7 Å². The number of nitrogens with one attached hydrogen (secondary N) is 1. The summed E-state index contributed by atoms with van der Waals surface area (Å²) < 4.78 is 5.15. The van der Waals surface area contributed by atoms with Gasteiger partial charge < -0.3 is 4.74 Å². The van der Waals surface area contributed by atoms with Crippen LogP contribution < -0.4 is 10.2 Å². The van der Waals surface area contributed by atoms with E-state index in [1.807, 2.05) is 49.4 Å². The summed E-state index contributed by atoms with van der Waals surface area (Å²) in [6.45, 7) is 1.92. The molecule has 0 aliphatic carbocycles. The quantitative estimate of drug-likeness (QED) is 0.677. The first-order valence-electron chi connectivity index (χ1n) is 6.90. The number of amides is 1. The number of hydrogen-bond donors (Lipinski definition) is 1. The number of carbonyl (C=O) groups excluding carboxylic acids is 1. The first-order chi connectivity index (χ1) is 10.7. The smallest absolute Gasteiger partial charge is 0.275 e. The summed E-state index contributed by atoms with van der Waals surface area (Å²) in [7, 11) is 1.53. The molecule has 0 aliphatic rings. The number of rotatable bonds is 5. The molecule has 22 heavy (non-hydrogen) atoms. The second kappa shape index (κ2) is 7.78. The van der Waals surface area contributed by atoms with E-state index in [0.717, 1.165) is 11.1 Å². The van der Waals surface area contributed by atoms with Crippen molar-refractivity contribution >= 4 is 18.2 Å². The summed E-state index contributed by atoms with van der Waals surface area (Å²) in [5.41, 5.74) is 4.97. The average molecular weight is 294 g/mol. The molecule has 112 valence electrons. The van der Waals surface area contributed by atoms with Gasteiger partial charge in [-0.1, -0.05) is 48.5 Å². The molecule has 4 nitrogen and oxygen atoms in total. The minimum atomic E-state index is -0.304. The Bertz CT molecular complexity index is 691. The van der Waals surface area contributed by atoms with Crippen LogP contribution in [-0.4, -0.2) is 19.2 Å². The van der Waals surface area contributed by atoms with Crippen LogP contribution in [0.3, 0.4) is 0 Å². The summed E-state index contributed by atoms with van der Waals surface area (Å²) in [6.07, 6.45) is 3.60. The maximum atomic E-state index is 12.0. The Labute approximate surface area is 130 Å². The Morgan fingerprint density at radius 2 is 1.77 bits per heavy atom. The monoisotopic (exact) mass is 294 g/mol. The van der Waals surface area contributed by atoms with Crippen molar-refractivity contribution in [2.45, 2.75) is 6.92 Å². The van der Waals surface area contributed by atoms with Crippen molar-refractivity contribution in [3.63, 3.8) is 0 Å². The molecule has 0 fully saturated rings. The molecule has 2 rings (SSSR count). The van der Waals surface area contributed by atoms with Crippen molar-refractivity contribution in [3.05, 3.63) is 71.3 Å². The predicted octanol–water partition coefficient (Wildman–Crippen LogP) is 3.51. The van der Waals surface area contributed by atoms with Crippen LogP contribution in [0.1, 0.15) is 22.8 Å². The van der Waals surface area contributed by atoms with Crippen molar-refractivity contribution in [1.82, 2.24) is 5.43 Å². The van der Waals surface area contributed by atoms with E-state index in [1.54, 1.807) is 24.4 Å². The number of hydrogen-bond acceptors (Lipinski definition) is 3. The first-order valence-corrected chi connectivity index (χ1v) is 6.90. The van der Waals surface area contributed by atoms with Gasteiger partial charge in [-0.3, -0.25) is 4.79 Å². The predicted molar refractivity (Wildman–Crippen MR) is 89.0 cm³/mol. The van der Waals surface area contributed by atoms with E-state index in [-0.39, 0.29) is 5.91 Å². The fourth-order valence-corrected chi connectivity index (χ4v) is 1.93. The number of methoxy groups -OCH3 is 1. The van der Waals surface area contributed by atoms with Gasteiger partial charge in [0, 0.05) is 0 Å². The van der Waals surface area contributed by atoms with Crippen LogP contribution in [0.4, 0.5) is 0 Å². The van der Waals surface area contributed by atoms with Gasteiger partial charge in [0.1, 0.15) is 5.75 Å². The normalized spacial score (nSPS) is 11.5. The van der Waals surface area contributed by atoms with Crippen LogP contribution >= 0.6 is 0 Å². The molecule has 4 heteroatoms. The molecule has 1 N–H and O–H groups in total. The van der Waals surface area contributed by atoms with E-state index < -0.39 is 0 Å². The fraction of sp³-hybridized carbons (Fsp3) is 0.111. The van der Waals surface area contributed by atoms with Crippen LogP contribution in [0.2, 0.25) is 0 Å². The lowest BCUT2D eigenvalue weighted by Crippen LogP contribution is -2.18. The highest BCUT2D eigenvalue weighted by Gasteiger charge is 2.09. The van der Waals surface area contributed by atoms with E-state index in [1.165, 1.54) is 7.11 Å². The van der Waals surface area contributed by atoms with Gasteiger partial charge in [0.15, 0.2) is 0 Å². The Hall–Kier alpha value is -2.88. The molecule has 0 atom stereocenters. The summed E-state index contributed by atoms with van der Waals surface area (Å²) in [6, 6.07) is 16.9. The molecule has 0 spiro atoms. The number of carbonyl (C=O) groups is 1. The van der Waals surface area contributed by atoms with Crippen molar-refractivity contribution in [2.75, 3.05) is 7.11 Å². The number of nitrogens with zero attached hydrogens (tertiary/aromatic N) is 1. The largest absolute Gasteiger partial charge is 0.496 e. The number of allylic oxidation sites excluding steroid dienone is 1. The second-order valence-electron chi connectivity index (χ2n) is 4.70. The van der Waals surface area contributed by atoms with Gasteiger partial charge in [-0.25, -0.2) is 5.43 Å². The van der Waals surface area contributed by atoms with Gasteiger partial charge in [0.05, 0.1) is 18.9 Å². The molecule has 0 saturated carbocycles. The SMILES string of the molecule is COc1ccccc1C(=O)NN=C/C(C)=C/c1ccccc1. The van der Waals surface area contributed by atoms with E-state index in [9.17, 15) is 4.79 Å². The van der Waals surface area contributed by atoms with Crippen LogP contribution in [-0.2, 0) is 0 Å². The number of para-hydroxylation sites is 1. The highest BCUT2D eigenvalue weighted by molar-refractivity contribution is 5.97. The Balaban J connectivity index is 2.00. The maximum absolute atomic E-state index is 12.0. The van der Waals surface area contributed by atoms with Gasteiger partial charge in [0.2, 0.25) is 0 Å². The van der Waals surface area contributed by atoms with Gasteiger partial charge in [-0.05, 0) is 30.2 Å². The molecule has 0 saturated heterocycles. The van der Waals surface area contributed by atoms with Crippen molar-refractivity contribution in [1.29, 1.82) is 0 Å². The van der Waals surface area contributed by atoms with Crippen LogP contribution in [0.25, 0.3) is 6.08 Å². The van der Waals surface area contributed by atoms with Crippen LogP contribution in [0.15, 0.2) is 65.3 Å². The Morgan fingerprint density at radius 1 is 1.09 bits per heavy atom. The minimum Gasteiger partial charge on any atom is -0.496 e. The number of benzene rings is 2. The molecule has 0 bridgehead atoms. The summed E-state index contributed by atoms with van der Waals surface area (Å²) in [5.74, 6) is 0.216. The zero-order chi connectivity index (χ0) is 15.8. The van der Waals surface area contributed by atoms with E-state index >= 15 is 0 Å². The third-order valence-corrected chi connectivity index (χ3v) is 2.98. The fourth-order valence-electron chi connectivity index (χ4n) is 1.93. The zero-order valence-corrected chi connectivity index (χ0v) is 12.6. The minimum absolute atomic E-state index is 0.304. The second-order valence-corrected chi connectivity index (χ2v) is 4.70. The third-order valence-electron chi connectivity index (χ3n) is 2.98. The molecular formula is C18H18N2O2. The Kier molecular flexibility index (Phi) is 5.49. The van der Waals surface area contributed by atoms with Gasteiger partial charge in [0.25, 0.3) is 5.91 Å². The molecule has 0 unspecified atom stereocenters. The lowest BCUT2D eigenvalue weighted by Gasteiger charge is -2.05. The number of ether oxygens (including phenoxy) is 1. The summed E-state index contributed by atoms with van der Waals surface area (Å²) in [5, 5.41) is 3.97. The van der Waals surface area contributed by atoms with Gasteiger partial charge in [-0.15, -0.1) is 0 Å². The molecule has 2 aromatic carbocycles. The lowest BCUT2D eigenvalue weighted by molar-refractivity contribution is 0.0952. The first kappa shape index (κ1) is 15.5. The average Bonchev–Trinajstić information content (AvgIpc) is 2.55.